The van der Waals surface area contributed by atoms with Crippen LogP contribution in [-0.4, -0.2) is 22.8 Å². The van der Waals surface area contributed by atoms with E-state index in [1.54, 1.807) is 12.5 Å². The van der Waals surface area contributed by atoms with Crippen LogP contribution in [0, 0.1) is 11.8 Å². The number of carbonyl (C=O) groups is 1. The van der Waals surface area contributed by atoms with Gasteiger partial charge in [-0.25, -0.2) is 0 Å². The number of Topliss-reactive ketones (excluding diaryl/α,β-unsaturated/α-hetero) is 1. The van der Waals surface area contributed by atoms with Gasteiger partial charge in [0.15, 0.2) is 0 Å². The molecule has 2 bridgehead atoms. The monoisotopic (exact) mass is 359 g/mol. The molecule has 140 valence electrons. The molecule has 0 saturated carbocycles. The maximum atomic E-state index is 12.4. The van der Waals surface area contributed by atoms with Gasteiger partial charge in [0.05, 0.1) is 0 Å². The van der Waals surface area contributed by atoms with E-state index < -0.39 is 0 Å². The minimum Gasteiger partial charge on any atom is -0.300 e. The lowest BCUT2D eigenvalue weighted by Crippen LogP contribution is -2.59. The fourth-order valence-electron chi connectivity index (χ4n) is 5.13. The summed E-state index contributed by atoms with van der Waals surface area (Å²) in [4.78, 5) is 15.0. The normalized spacial score (nSPS) is 27.4. The second kappa shape index (κ2) is 7.82. The molecule has 0 spiro atoms. The zero-order valence-electron chi connectivity index (χ0n) is 16.3. The molecule has 0 amide bonds. The van der Waals surface area contributed by atoms with Crippen LogP contribution in [0.5, 0.6) is 0 Å². The highest BCUT2D eigenvalue weighted by Crippen LogP contribution is 2.45. The van der Waals surface area contributed by atoms with Crippen LogP contribution < -0.4 is 0 Å². The molecule has 4 atom stereocenters. The topological polar surface area (TPSA) is 20.3 Å². The Morgan fingerprint density at radius 3 is 2.22 bits per heavy atom. The van der Waals surface area contributed by atoms with E-state index in [-0.39, 0.29) is 12.0 Å². The molecule has 1 fully saturated rings. The van der Waals surface area contributed by atoms with Crippen LogP contribution in [0.3, 0.4) is 0 Å². The van der Waals surface area contributed by atoms with Crippen molar-refractivity contribution in [1.29, 1.82) is 0 Å². The zero-order chi connectivity index (χ0) is 18.8. The molecule has 0 N–H and O–H groups in total. The number of carbonyl (C=O) groups excluding carboxylic acids is 1. The first kappa shape index (κ1) is 18.2. The van der Waals surface area contributed by atoms with Crippen molar-refractivity contribution in [3.05, 3.63) is 83.4 Å². The quantitative estimate of drug-likeness (QED) is 0.673. The molecule has 2 nitrogen and oxygen atoms in total. The van der Waals surface area contributed by atoms with Crippen molar-refractivity contribution in [3.8, 4) is 0 Å². The van der Waals surface area contributed by atoms with Crippen molar-refractivity contribution in [2.75, 3.05) is 0 Å². The van der Waals surface area contributed by atoms with E-state index in [0.29, 0.717) is 17.7 Å². The van der Waals surface area contributed by atoms with Gasteiger partial charge in [-0.05, 0) is 43.2 Å². The van der Waals surface area contributed by atoms with Crippen molar-refractivity contribution >= 4 is 5.78 Å². The van der Waals surface area contributed by atoms with Crippen LogP contribution in [0.25, 0.3) is 0 Å². The van der Waals surface area contributed by atoms with E-state index in [9.17, 15) is 4.79 Å². The number of hydrogen-bond acceptors (Lipinski definition) is 2. The molecule has 1 aliphatic carbocycles. The maximum absolute atomic E-state index is 12.4. The lowest BCUT2D eigenvalue weighted by molar-refractivity contribution is -0.126. The number of rotatable bonds is 6. The smallest absolute Gasteiger partial charge is 0.134 e. The second-order valence-electron chi connectivity index (χ2n) is 8.06. The predicted molar refractivity (Wildman–Crippen MR) is 110 cm³/mol. The molecule has 2 aliphatic heterocycles. The Balaban J connectivity index is 1.70. The van der Waals surface area contributed by atoms with Gasteiger partial charge in [-0.1, -0.05) is 79.2 Å². The fourth-order valence-corrected chi connectivity index (χ4v) is 5.13. The van der Waals surface area contributed by atoms with Gasteiger partial charge < -0.3 is 0 Å². The van der Waals surface area contributed by atoms with Gasteiger partial charge >= 0.3 is 0 Å². The van der Waals surface area contributed by atoms with E-state index in [1.807, 2.05) is 0 Å². The third-order valence-corrected chi connectivity index (χ3v) is 6.48. The molecule has 4 unspecified atom stereocenters. The molecule has 0 radical (unpaired) electrons. The van der Waals surface area contributed by atoms with Gasteiger partial charge in [-0.3, -0.25) is 9.69 Å². The molecule has 2 aromatic rings. The van der Waals surface area contributed by atoms with Crippen LogP contribution in [0.15, 0.2) is 72.3 Å². The Hall–Kier alpha value is -2.19. The SMILES string of the molecule is CCC1=CC2C(C(C)=O)CC1C(Cc1ccccc1)N2Cc1ccccc1. The van der Waals surface area contributed by atoms with E-state index in [0.717, 1.165) is 25.8 Å². The molecule has 5 rings (SSSR count). The van der Waals surface area contributed by atoms with E-state index in [1.165, 1.54) is 11.1 Å². The Morgan fingerprint density at radius 2 is 1.63 bits per heavy atom. The second-order valence-corrected chi connectivity index (χ2v) is 8.06. The Bertz CT molecular complexity index is 811. The van der Waals surface area contributed by atoms with Crippen molar-refractivity contribution in [2.45, 2.75) is 51.7 Å². The number of fused-ring (bicyclic) bond motifs is 2. The first-order valence-electron chi connectivity index (χ1n) is 10.2. The molecular weight excluding hydrogens is 330 g/mol. The summed E-state index contributed by atoms with van der Waals surface area (Å²) in [5.41, 5.74) is 4.28. The highest BCUT2D eigenvalue weighted by Gasteiger charge is 2.48. The first-order valence-corrected chi connectivity index (χ1v) is 10.2. The molecular formula is C25H29NO. The summed E-state index contributed by atoms with van der Waals surface area (Å²) >= 11 is 0. The maximum Gasteiger partial charge on any atom is 0.134 e. The molecule has 3 aliphatic rings. The lowest BCUT2D eigenvalue weighted by Gasteiger charge is -2.54. The minimum atomic E-state index is 0.140. The van der Waals surface area contributed by atoms with Gasteiger partial charge in [0, 0.05) is 24.5 Å². The van der Waals surface area contributed by atoms with Gasteiger partial charge in [0.1, 0.15) is 5.78 Å². The van der Waals surface area contributed by atoms with Crippen molar-refractivity contribution in [1.82, 2.24) is 4.90 Å². The third-order valence-electron chi connectivity index (χ3n) is 6.48. The molecule has 2 heterocycles. The summed E-state index contributed by atoms with van der Waals surface area (Å²) in [6.07, 6.45) is 5.58. The summed E-state index contributed by atoms with van der Waals surface area (Å²) in [5, 5.41) is 0. The highest BCUT2D eigenvalue weighted by atomic mass is 16.1. The molecule has 2 aromatic carbocycles. The van der Waals surface area contributed by atoms with Crippen LogP contribution in [-0.2, 0) is 17.8 Å². The average molecular weight is 360 g/mol. The summed E-state index contributed by atoms with van der Waals surface area (Å²) in [5.74, 6) is 0.964. The van der Waals surface area contributed by atoms with Crippen molar-refractivity contribution in [2.24, 2.45) is 11.8 Å². The largest absolute Gasteiger partial charge is 0.300 e. The number of nitrogens with zero attached hydrogens (tertiary/aromatic N) is 1. The summed E-state index contributed by atoms with van der Waals surface area (Å²) in [6.45, 7) is 4.95. The summed E-state index contributed by atoms with van der Waals surface area (Å²) in [6, 6.07) is 22.2. The summed E-state index contributed by atoms with van der Waals surface area (Å²) < 4.78 is 0. The number of hydrogen-bond donors (Lipinski definition) is 0. The molecule has 0 aromatic heterocycles. The van der Waals surface area contributed by atoms with E-state index in [4.69, 9.17) is 0 Å². The number of benzene rings is 2. The van der Waals surface area contributed by atoms with Crippen LogP contribution in [0.2, 0.25) is 0 Å². The van der Waals surface area contributed by atoms with Gasteiger partial charge in [-0.2, -0.15) is 0 Å². The standard InChI is InChI=1S/C25H29NO/c1-3-21-15-25-22(18(2)27)16-23(21)24(14-19-10-6-4-7-11-19)26(25)17-20-12-8-5-9-13-20/h4-13,15,22-25H,3,14,16-17H2,1-2H3. The predicted octanol–water partition coefficient (Wildman–Crippen LogP) is 5.04. The van der Waals surface area contributed by atoms with Crippen LogP contribution in [0.1, 0.15) is 37.8 Å². The molecule has 1 saturated heterocycles. The van der Waals surface area contributed by atoms with Crippen LogP contribution in [0.4, 0.5) is 0 Å². The zero-order valence-corrected chi connectivity index (χ0v) is 16.3. The highest BCUT2D eigenvalue weighted by molar-refractivity contribution is 5.80. The fraction of sp³-hybridized carbons (Fsp3) is 0.400. The Labute approximate surface area is 162 Å². The Kier molecular flexibility index (Phi) is 5.27. The van der Waals surface area contributed by atoms with E-state index in [2.05, 4.69) is 78.6 Å². The van der Waals surface area contributed by atoms with Gasteiger partial charge in [0.2, 0.25) is 0 Å². The lowest BCUT2D eigenvalue weighted by atomic mass is 9.66. The molecule has 27 heavy (non-hydrogen) atoms. The summed E-state index contributed by atoms with van der Waals surface area (Å²) in [7, 11) is 0. The minimum absolute atomic E-state index is 0.140. The van der Waals surface area contributed by atoms with Crippen molar-refractivity contribution < 1.29 is 4.79 Å². The van der Waals surface area contributed by atoms with E-state index >= 15 is 0 Å². The van der Waals surface area contributed by atoms with Crippen LogP contribution >= 0.6 is 0 Å². The Morgan fingerprint density at radius 1 is 1.00 bits per heavy atom. The van der Waals surface area contributed by atoms with Crippen molar-refractivity contribution in [3.63, 3.8) is 0 Å². The number of piperidine rings is 1. The van der Waals surface area contributed by atoms with Gasteiger partial charge in [0.25, 0.3) is 0 Å². The number of ketones is 1. The van der Waals surface area contributed by atoms with Gasteiger partial charge in [-0.15, -0.1) is 0 Å². The average Bonchev–Trinajstić information content (AvgIpc) is 2.71. The first-order chi connectivity index (χ1) is 13.2. The third kappa shape index (κ3) is 3.64. The molecule has 2 heteroatoms.